The molecule has 1 unspecified atom stereocenters. The van der Waals surface area contributed by atoms with E-state index in [4.69, 9.17) is 4.74 Å². The van der Waals surface area contributed by atoms with E-state index in [1.54, 1.807) is 6.20 Å². The Hall–Kier alpha value is -2.16. The van der Waals surface area contributed by atoms with Crippen LogP contribution in [0, 0.1) is 0 Å². The number of pyridine rings is 1. The van der Waals surface area contributed by atoms with Crippen LogP contribution in [0.1, 0.15) is 23.7 Å². The molecule has 0 saturated heterocycles. The van der Waals surface area contributed by atoms with Crippen LogP contribution < -0.4 is 4.74 Å². The van der Waals surface area contributed by atoms with Gasteiger partial charge in [0.1, 0.15) is 11.9 Å². The number of Topliss-reactive ketones (excluding diaryl/α,β-unsaturated/α-hetero) is 1. The third kappa shape index (κ3) is 2.12. The number of carbonyl (C=O) groups excluding carboxylic acids is 1. The Balaban J connectivity index is 1.91. The summed E-state index contributed by atoms with van der Waals surface area (Å²) in [5.41, 5.74) is 2.16. The number of benzene rings is 1. The lowest BCUT2D eigenvalue weighted by molar-refractivity contribution is -0.120. The maximum atomic E-state index is 11.7. The van der Waals surface area contributed by atoms with Crippen LogP contribution in [0.4, 0.5) is 0 Å². The monoisotopic (exact) mass is 239 g/mol. The molecule has 0 N–H and O–H groups in total. The third-order valence-electron chi connectivity index (χ3n) is 3.10. The molecule has 1 aromatic carbocycles. The van der Waals surface area contributed by atoms with Gasteiger partial charge in [-0.3, -0.25) is 4.79 Å². The van der Waals surface area contributed by atoms with Gasteiger partial charge in [-0.15, -0.1) is 0 Å². The van der Waals surface area contributed by atoms with Gasteiger partial charge in [0, 0.05) is 25.1 Å². The second-order valence-electron chi connectivity index (χ2n) is 4.39. The fourth-order valence-electron chi connectivity index (χ4n) is 2.28. The van der Waals surface area contributed by atoms with Crippen LogP contribution in [-0.4, -0.2) is 10.8 Å². The highest BCUT2D eigenvalue weighted by Crippen LogP contribution is 2.31. The maximum Gasteiger partial charge on any atom is 0.213 e. The lowest BCUT2D eigenvalue weighted by Crippen LogP contribution is -2.22. The van der Waals surface area contributed by atoms with Crippen molar-refractivity contribution in [3.8, 4) is 5.88 Å². The number of rotatable bonds is 2. The highest BCUT2D eigenvalue weighted by Gasteiger charge is 2.26. The summed E-state index contributed by atoms with van der Waals surface area (Å²) in [5.74, 6) is 0.779. The average molecular weight is 239 g/mol. The molecule has 0 spiro atoms. The molecule has 0 amide bonds. The van der Waals surface area contributed by atoms with Crippen LogP contribution in [0.2, 0.25) is 0 Å². The topological polar surface area (TPSA) is 39.2 Å². The summed E-state index contributed by atoms with van der Waals surface area (Å²) in [5, 5.41) is 0. The normalized spacial score (nSPS) is 18.2. The molecule has 90 valence electrons. The number of fused-ring (bicyclic) bond motifs is 1. The summed E-state index contributed by atoms with van der Waals surface area (Å²) >= 11 is 0. The van der Waals surface area contributed by atoms with Crippen molar-refractivity contribution in [2.45, 2.75) is 18.9 Å². The van der Waals surface area contributed by atoms with Gasteiger partial charge in [-0.05, 0) is 17.2 Å². The predicted molar refractivity (Wildman–Crippen MR) is 67.4 cm³/mol. The Morgan fingerprint density at radius 3 is 2.78 bits per heavy atom. The minimum atomic E-state index is -0.211. The van der Waals surface area contributed by atoms with Crippen molar-refractivity contribution >= 4 is 5.78 Å². The third-order valence-corrected chi connectivity index (χ3v) is 3.10. The van der Waals surface area contributed by atoms with Crippen molar-refractivity contribution in [2.24, 2.45) is 0 Å². The molecule has 1 heterocycles. The Morgan fingerprint density at radius 1 is 1.11 bits per heavy atom. The molecular weight excluding hydrogens is 226 g/mol. The Kier molecular flexibility index (Phi) is 2.81. The quantitative estimate of drug-likeness (QED) is 0.808. The van der Waals surface area contributed by atoms with Crippen molar-refractivity contribution in [1.29, 1.82) is 0 Å². The molecule has 0 radical (unpaired) electrons. The zero-order valence-corrected chi connectivity index (χ0v) is 9.87. The van der Waals surface area contributed by atoms with E-state index >= 15 is 0 Å². The summed E-state index contributed by atoms with van der Waals surface area (Å²) in [6.07, 6.45) is 2.41. The van der Waals surface area contributed by atoms with Gasteiger partial charge in [0.15, 0.2) is 0 Å². The fraction of sp³-hybridized carbons (Fsp3) is 0.200. The van der Waals surface area contributed by atoms with Crippen LogP contribution in [0.5, 0.6) is 5.88 Å². The van der Waals surface area contributed by atoms with Gasteiger partial charge >= 0.3 is 0 Å². The van der Waals surface area contributed by atoms with Crippen molar-refractivity contribution in [3.63, 3.8) is 0 Å². The highest BCUT2D eigenvalue weighted by molar-refractivity contribution is 5.83. The number of ether oxygens (including phenoxy) is 1. The maximum absolute atomic E-state index is 11.7. The number of nitrogens with zero attached hydrogens (tertiary/aromatic N) is 1. The summed E-state index contributed by atoms with van der Waals surface area (Å²) < 4.78 is 5.82. The van der Waals surface area contributed by atoms with Crippen LogP contribution in [0.3, 0.4) is 0 Å². The largest absolute Gasteiger partial charge is 0.469 e. The van der Waals surface area contributed by atoms with E-state index in [0.717, 1.165) is 11.1 Å². The lowest BCUT2D eigenvalue weighted by Gasteiger charge is -2.24. The first kappa shape index (κ1) is 11.0. The first-order chi connectivity index (χ1) is 8.83. The molecule has 1 aliphatic carbocycles. The molecule has 3 heteroatoms. The van der Waals surface area contributed by atoms with Gasteiger partial charge in [-0.25, -0.2) is 4.98 Å². The van der Waals surface area contributed by atoms with Crippen molar-refractivity contribution < 1.29 is 9.53 Å². The molecule has 1 atom stereocenters. The van der Waals surface area contributed by atoms with E-state index in [0.29, 0.717) is 18.7 Å². The summed E-state index contributed by atoms with van der Waals surface area (Å²) in [6.45, 7) is 0. The van der Waals surface area contributed by atoms with Crippen LogP contribution in [0.25, 0.3) is 0 Å². The molecule has 0 fully saturated rings. The van der Waals surface area contributed by atoms with Crippen molar-refractivity contribution in [3.05, 3.63) is 59.8 Å². The molecule has 1 aromatic heterocycles. The minimum Gasteiger partial charge on any atom is -0.469 e. The Morgan fingerprint density at radius 2 is 1.94 bits per heavy atom. The molecule has 18 heavy (non-hydrogen) atoms. The Labute approximate surface area is 105 Å². The van der Waals surface area contributed by atoms with E-state index in [9.17, 15) is 4.79 Å². The molecular formula is C15H13NO2. The van der Waals surface area contributed by atoms with E-state index in [-0.39, 0.29) is 11.9 Å². The van der Waals surface area contributed by atoms with E-state index in [1.165, 1.54) is 0 Å². The molecule has 3 rings (SSSR count). The number of hydrogen-bond acceptors (Lipinski definition) is 3. The summed E-state index contributed by atoms with van der Waals surface area (Å²) in [6, 6.07) is 13.5. The molecule has 3 nitrogen and oxygen atoms in total. The second-order valence-corrected chi connectivity index (χ2v) is 4.39. The van der Waals surface area contributed by atoms with Crippen LogP contribution in [0.15, 0.2) is 48.7 Å². The van der Waals surface area contributed by atoms with Gasteiger partial charge in [-0.1, -0.05) is 30.3 Å². The molecule has 0 bridgehead atoms. The van der Waals surface area contributed by atoms with E-state index in [1.807, 2.05) is 42.5 Å². The fourth-order valence-corrected chi connectivity index (χ4v) is 2.28. The average Bonchev–Trinajstić information content (AvgIpc) is 2.40. The van der Waals surface area contributed by atoms with Gasteiger partial charge in [0.25, 0.3) is 0 Å². The smallest absolute Gasteiger partial charge is 0.213 e. The summed E-state index contributed by atoms with van der Waals surface area (Å²) in [7, 11) is 0. The predicted octanol–water partition coefficient (Wildman–Crippen LogP) is 2.72. The van der Waals surface area contributed by atoms with Crippen LogP contribution >= 0.6 is 0 Å². The first-order valence-electron chi connectivity index (χ1n) is 6.00. The highest BCUT2D eigenvalue weighted by atomic mass is 16.5. The molecule has 0 saturated carbocycles. The van der Waals surface area contributed by atoms with Crippen LogP contribution in [-0.2, 0) is 11.2 Å². The number of carbonyl (C=O) groups is 1. The zero-order chi connectivity index (χ0) is 12.4. The van der Waals surface area contributed by atoms with E-state index in [2.05, 4.69) is 4.98 Å². The minimum absolute atomic E-state index is 0.211. The van der Waals surface area contributed by atoms with Gasteiger partial charge in [0.05, 0.1) is 0 Å². The van der Waals surface area contributed by atoms with Gasteiger partial charge in [0.2, 0.25) is 5.88 Å². The zero-order valence-electron chi connectivity index (χ0n) is 9.87. The second kappa shape index (κ2) is 4.61. The van der Waals surface area contributed by atoms with Gasteiger partial charge < -0.3 is 4.74 Å². The van der Waals surface area contributed by atoms with Gasteiger partial charge in [-0.2, -0.15) is 0 Å². The SMILES string of the molecule is O=C1Cc2ccccc2C(Oc2ccccn2)C1. The summed E-state index contributed by atoms with van der Waals surface area (Å²) in [4.78, 5) is 15.9. The molecule has 2 aromatic rings. The van der Waals surface area contributed by atoms with E-state index < -0.39 is 0 Å². The molecule has 0 aliphatic heterocycles. The standard InChI is InChI=1S/C15H13NO2/c17-12-9-11-5-1-2-6-13(11)14(10-12)18-15-7-3-4-8-16-15/h1-8,14H,9-10H2. The van der Waals surface area contributed by atoms with Crippen molar-refractivity contribution in [2.75, 3.05) is 0 Å². The number of aromatic nitrogens is 1. The number of hydrogen-bond donors (Lipinski definition) is 0. The number of ketones is 1. The molecule has 1 aliphatic rings. The first-order valence-corrected chi connectivity index (χ1v) is 6.00. The van der Waals surface area contributed by atoms with Crippen molar-refractivity contribution in [1.82, 2.24) is 4.98 Å². The Bertz CT molecular complexity index is 566. The lowest BCUT2D eigenvalue weighted by atomic mass is 9.88.